The van der Waals surface area contributed by atoms with E-state index >= 15 is 0 Å². The van der Waals surface area contributed by atoms with Gasteiger partial charge in [-0.05, 0) is 50.5 Å². The predicted octanol–water partition coefficient (Wildman–Crippen LogP) is 2.49. The summed E-state index contributed by atoms with van der Waals surface area (Å²) >= 11 is 0. The van der Waals surface area contributed by atoms with Crippen LogP contribution in [0.25, 0.3) is 0 Å². The number of anilines is 1. The van der Waals surface area contributed by atoms with Gasteiger partial charge in [0.2, 0.25) is 5.91 Å². The quantitative estimate of drug-likeness (QED) is 0.779. The molecule has 1 saturated heterocycles. The van der Waals surface area contributed by atoms with Crippen LogP contribution in [0.3, 0.4) is 0 Å². The molecule has 0 spiro atoms. The Hall–Kier alpha value is -2.96. The van der Waals surface area contributed by atoms with Gasteiger partial charge in [0.1, 0.15) is 11.5 Å². The van der Waals surface area contributed by atoms with E-state index in [-0.39, 0.29) is 17.7 Å². The van der Waals surface area contributed by atoms with Gasteiger partial charge in [0.05, 0.1) is 5.92 Å². The fraction of sp³-hybridized carbons (Fsp3) is 0.455. The van der Waals surface area contributed by atoms with Crippen molar-refractivity contribution in [2.75, 3.05) is 31.1 Å². The molecule has 3 heterocycles. The van der Waals surface area contributed by atoms with Crippen LogP contribution in [-0.4, -0.2) is 52.9 Å². The summed E-state index contributed by atoms with van der Waals surface area (Å²) < 4.78 is 0. The fourth-order valence-corrected chi connectivity index (χ4v) is 3.68. The lowest BCUT2D eigenvalue weighted by molar-refractivity contribution is -0.135. The number of hydrogen-bond donors (Lipinski definition) is 1. The summed E-state index contributed by atoms with van der Waals surface area (Å²) in [5, 5.41) is 2.88. The molecule has 0 bridgehead atoms. The second-order valence-electron chi connectivity index (χ2n) is 7.22. The fourth-order valence-electron chi connectivity index (χ4n) is 3.68. The number of nitrogens with one attached hydrogen (secondary N) is 1. The van der Waals surface area contributed by atoms with Crippen molar-refractivity contribution in [1.82, 2.24) is 20.2 Å². The number of piperidine rings is 1. The molecule has 7 nitrogen and oxygen atoms in total. The monoisotopic (exact) mass is 395 g/mol. The third kappa shape index (κ3) is 5.31. The largest absolute Gasteiger partial charge is 0.356 e. The first-order chi connectivity index (χ1) is 14.1. The third-order valence-corrected chi connectivity index (χ3v) is 5.31. The van der Waals surface area contributed by atoms with Crippen molar-refractivity contribution < 1.29 is 9.59 Å². The first kappa shape index (κ1) is 20.8. The van der Waals surface area contributed by atoms with Crippen molar-refractivity contribution in [3.8, 4) is 0 Å². The third-order valence-electron chi connectivity index (χ3n) is 5.31. The van der Waals surface area contributed by atoms with E-state index in [0.717, 1.165) is 43.9 Å². The Morgan fingerprint density at radius 3 is 2.76 bits per heavy atom. The van der Waals surface area contributed by atoms with Crippen LogP contribution in [-0.2, 0) is 11.3 Å². The molecule has 0 aromatic carbocycles. The van der Waals surface area contributed by atoms with E-state index in [1.54, 1.807) is 18.5 Å². The van der Waals surface area contributed by atoms with Crippen LogP contribution in [0.5, 0.6) is 0 Å². The van der Waals surface area contributed by atoms with Crippen LogP contribution in [0.4, 0.5) is 5.82 Å². The topological polar surface area (TPSA) is 78.4 Å². The highest BCUT2D eigenvalue weighted by Crippen LogP contribution is 2.23. The van der Waals surface area contributed by atoms with Gasteiger partial charge < -0.3 is 15.1 Å². The zero-order valence-electron chi connectivity index (χ0n) is 17.2. The standard InChI is InChI=1S/C22H29N5O2/c1-3-26(4-2)22(29)18-9-7-13-27(16-18)20-11-5-10-19(25-20)21(28)24-15-17-8-6-12-23-14-17/h5-6,8,10-12,14,18H,3-4,7,9,13,15-16H2,1-2H3,(H,24,28). The van der Waals surface area contributed by atoms with E-state index in [2.05, 4.69) is 20.2 Å². The molecule has 2 amide bonds. The van der Waals surface area contributed by atoms with Gasteiger partial charge >= 0.3 is 0 Å². The number of aromatic nitrogens is 2. The lowest BCUT2D eigenvalue weighted by Gasteiger charge is -2.35. The van der Waals surface area contributed by atoms with Gasteiger partial charge in [-0.25, -0.2) is 4.98 Å². The van der Waals surface area contributed by atoms with E-state index in [0.29, 0.717) is 18.8 Å². The second kappa shape index (κ2) is 10.0. The molecule has 2 aromatic heterocycles. The summed E-state index contributed by atoms with van der Waals surface area (Å²) in [5.74, 6) is 0.720. The van der Waals surface area contributed by atoms with Crippen molar-refractivity contribution in [3.05, 3.63) is 54.0 Å². The molecule has 1 aliphatic rings. The molecule has 1 N–H and O–H groups in total. The minimum atomic E-state index is -0.219. The second-order valence-corrected chi connectivity index (χ2v) is 7.22. The molecule has 1 unspecified atom stereocenters. The van der Waals surface area contributed by atoms with Crippen LogP contribution >= 0.6 is 0 Å². The Labute approximate surface area is 172 Å². The van der Waals surface area contributed by atoms with Crippen LogP contribution in [0.2, 0.25) is 0 Å². The molecule has 0 aliphatic carbocycles. The smallest absolute Gasteiger partial charge is 0.270 e. The Balaban J connectivity index is 1.65. The molecular formula is C22H29N5O2. The summed E-state index contributed by atoms with van der Waals surface area (Å²) in [6, 6.07) is 9.22. The number of pyridine rings is 2. The zero-order chi connectivity index (χ0) is 20.6. The molecule has 154 valence electrons. The molecule has 2 aromatic rings. The Morgan fingerprint density at radius 2 is 2.03 bits per heavy atom. The molecule has 1 aliphatic heterocycles. The minimum Gasteiger partial charge on any atom is -0.356 e. The first-order valence-corrected chi connectivity index (χ1v) is 10.3. The maximum atomic E-state index is 12.7. The van der Waals surface area contributed by atoms with Crippen molar-refractivity contribution in [2.45, 2.75) is 33.2 Å². The van der Waals surface area contributed by atoms with Crippen LogP contribution < -0.4 is 10.2 Å². The summed E-state index contributed by atoms with van der Waals surface area (Å²) in [6.45, 7) is 7.38. The van der Waals surface area contributed by atoms with E-state index < -0.39 is 0 Å². The summed E-state index contributed by atoms with van der Waals surface area (Å²) in [7, 11) is 0. The lowest BCUT2D eigenvalue weighted by atomic mass is 9.96. The molecule has 1 fully saturated rings. The molecule has 0 radical (unpaired) electrons. The van der Waals surface area contributed by atoms with Crippen LogP contribution in [0, 0.1) is 5.92 Å². The van der Waals surface area contributed by atoms with Crippen molar-refractivity contribution >= 4 is 17.6 Å². The lowest BCUT2D eigenvalue weighted by Crippen LogP contribution is -2.45. The molecule has 1 atom stereocenters. The highest BCUT2D eigenvalue weighted by Gasteiger charge is 2.29. The van der Waals surface area contributed by atoms with Crippen molar-refractivity contribution in [3.63, 3.8) is 0 Å². The van der Waals surface area contributed by atoms with Gasteiger partial charge in [0, 0.05) is 45.1 Å². The Kier molecular flexibility index (Phi) is 7.16. The van der Waals surface area contributed by atoms with Crippen molar-refractivity contribution in [2.24, 2.45) is 5.92 Å². The van der Waals surface area contributed by atoms with Crippen LogP contribution in [0.15, 0.2) is 42.7 Å². The van der Waals surface area contributed by atoms with Crippen molar-refractivity contribution in [1.29, 1.82) is 0 Å². The highest BCUT2D eigenvalue weighted by molar-refractivity contribution is 5.92. The van der Waals surface area contributed by atoms with Gasteiger partial charge in [-0.1, -0.05) is 12.1 Å². The van der Waals surface area contributed by atoms with E-state index in [1.165, 1.54) is 0 Å². The molecule has 3 rings (SSSR count). The molecule has 29 heavy (non-hydrogen) atoms. The minimum absolute atomic E-state index is 0.0199. The Morgan fingerprint density at radius 1 is 1.21 bits per heavy atom. The summed E-state index contributed by atoms with van der Waals surface area (Å²) in [4.78, 5) is 37.9. The average Bonchev–Trinajstić information content (AvgIpc) is 2.79. The van der Waals surface area contributed by atoms with E-state index in [1.807, 2.05) is 43.0 Å². The number of nitrogens with zero attached hydrogens (tertiary/aromatic N) is 4. The number of carbonyl (C=O) groups is 2. The zero-order valence-corrected chi connectivity index (χ0v) is 17.2. The number of hydrogen-bond acceptors (Lipinski definition) is 5. The number of carbonyl (C=O) groups excluding carboxylic acids is 2. The van der Waals surface area contributed by atoms with Gasteiger partial charge in [-0.15, -0.1) is 0 Å². The molecule has 7 heteroatoms. The molecular weight excluding hydrogens is 366 g/mol. The molecule has 0 saturated carbocycles. The Bertz CT molecular complexity index is 823. The first-order valence-electron chi connectivity index (χ1n) is 10.3. The maximum Gasteiger partial charge on any atom is 0.270 e. The van der Waals surface area contributed by atoms with Gasteiger partial charge in [0.25, 0.3) is 5.91 Å². The number of rotatable bonds is 7. The van der Waals surface area contributed by atoms with Gasteiger partial charge in [-0.2, -0.15) is 0 Å². The van der Waals surface area contributed by atoms with Gasteiger partial charge in [0.15, 0.2) is 0 Å². The average molecular weight is 396 g/mol. The number of amides is 2. The van der Waals surface area contributed by atoms with E-state index in [9.17, 15) is 9.59 Å². The maximum absolute atomic E-state index is 12.7. The van der Waals surface area contributed by atoms with Crippen LogP contribution in [0.1, 0.15) is 42.7 Å². The summed E-state index contributed by atoms with van der Waals surface area (Å²) in [6.07, 6.45) is 5.27. The normalized spacial score (nSPS) is 16.3. The predicted molar refractivity (Wildman–Crippen MR) is 113 cm³/mol. The van der Waals surface area contributed by atoms with Gasteiger partial charge in [-0.3, -0.25) is 14.6 Å². The SMILES string of the molecule is CCN(CC)C(=O)C1CCCN(c2cccc(C(=O)NCc3cccnc3)n2)C1. The summed E-state index contributed by atoms with van der Waals surface area (Å²) in [5.41, 5.74) is 1.31. The highest BCUT2D eigenvalue weighted by atomic mass is 16.2. The van der Waals surface area contributed by atoms with E-state index in [4.69, 9.17) is 0 Å².